The zero-order valence-corrected chi connectivity index (χ0v) is 21.4. The Kier molecular flexibility index (Phi) is 8.33. The fraction of sp³-hybridized carbons (Fsp3) is 0.607. The van der Waals surface area contributed by atoms with Gasteiger partial charge in [0, 0.05) is 77.4 Å². The highest BCUT2D eigenvalue weighted by Gasteiger charge is 2.28. The molecule has 1 saturated carbocycles. The van der Waals surface area contributed by atoms with Crippen molar-refractivity contribution in [2.24, 2.45) is 5.92 Å². The highest BCUT2D eigenvalue weighted by Crippen LogP contribution is 2.26. The highest BCUT2D eigenvalue weighted by atomic mass is 16.2. The molecule has 3 heterocycles. The van der Waals surface area contributed by atoms with Gasteiger partial charge in [-0.25, -0.2) is 4.98 Å². The van der Waals surface area contributed by atoms with Crippen LogP contribution in [0.25, 0.3) is 0 Å². The van der Waals surface area contributed by atoms with Crippen molar-refractivity contribution in [3.05, 3.63) is 58.0 Å². The molecule has 36 heavy (non-hydrogen) atoms. The molecule has 1 amide bonds. The average molecular weight is 493 g/mol. The minimum Gasteiger partial charge on any atom is -0.341 e. The minimum absolute atomic E-state index is 0.0999. The molecule has 0 bridgehead atoms. The number of amides is 1. The Bertz CT molecular complexity index is 1040. The first-order chi connectivity index (χ1) is 17.6. The minimum atomic E-state index is -0.0999. The van der Waals surface area contributed by atoms with E-state index in [-0.39, 0.29) is 11.5 Å². The number of nitrogens with one attached hydrogen (secondary N) is 1. The molecule has 8 nitrogen and oxygen atoms in total. The summed E-state index contributed by atoms with van der Waals surface area (Å²) >= 11 is 0. The molecule has 3 aliphatic rings. The van der Waals surface area contributed by atoms with Gasteiger partial charge in [0.05, 0.1) is 5.69 Å². The zero-order valence-electron chi connectivity index (χ0n) is 21.4. The molecule has 0 unspecified atom stereocenters. The maximum Gasteiger partial charge on any atom is 0.252 e. The SMILES string of the molecule is O=C(C1CCCCC1)N1CCCN(c2nc(CN3CCN(Cc4ccccc4)CC3)cc(=O)[nH]2)CC1. The van der Waals surface area contributed by atoms with Crippen molar-refractivity contribution in [1.29, 1.82) is 0 Å². The number of carbonyl (C=O) groups is 1. The summed E-state index contributed by atoms with van der Waals surface area (Å²) in [5.41, 5.74) is 2.07. The number of aromatic nitrogens is 2. The van der Waals surface area contributed by atoms with E-state index in [1.54, 1.807) is 6.07 Å². The number of carbonyl (C=O) groups excluding carboxylic acids is 1. The summed E-state index contributed by atoms with van der Waals surface area (Å²) < 4.78 is 0. The normalized spacial score (nSPS) is 20.9. The van der Waals surface area contributed by atoms with Gasteiger partial charge in [-0.2, -0.15) is 0 Å². The predicted molar refractivity (Wildman–Crippen MR) is 142 cm³/mol. The fourth-order valence-electron chi connectivity index (χ4n) is 5.86. The van der Waals surface area contributed by atoms with Gasteiger partial charge in [0.2, 0.25) is 11.9 Å². The first kappa shape index (κ1) is 25.0. The standard InChI is InChI=1S/C28H40N6O2/c35-26-20-25(22-32-16-14-31(15-17-32)21-23-8-3-1-4-9-23)29-28(30-26)34-13-7-12-33(18-19-34)27(36)24-10-5-2-6-11-24/h1,3-4,8-9,20,24H,2,5-7,10-19,21-22H2,(H,29,30,35). The van der Waals surface area contributed by atoms with E-state index in [0.717, 1.165) is 70.8 Å². The summed E-state index contributed by atoms with van der Waals surface area (Å²) in [4.78, 5) is 42.4. The second kappa shape index (κ2) is 12.0. The first-order valence-corrected chi connectivity index (χ1v) is 13.8. The summed E-state index contributed by atoms with van der Waals surface area (Å²) in [5, 5.41) is 0. The Labute approximate surface area is 214 Å². The van der Waals surface area contributed by atoms with Gasteiger partial charge >= 0.3 is 0 Å². The van der Waals surface area contributed by atoms with Crippen LogP contribution in [0, 0.1) is 5.92 Å². The van der Waals surface area contributed by atoms with E-state index >= 15 is 0 Å². The Morgan fingerprint density at radius 3 is 2.31 bits per heavy atom. The monoisotopic (exact) mass is 492 g/mol. The number of aromatic amines is 1. The number of H-pyrrole nitrogens is 1. The van der Waals surface area contributed by atoms with Crippen LogP contribution in [0.4, 0.5) is 5.95 Å². The van der Waals surface area contributed by atoms with Crippen LogP contribution in [-0.4, -0.2) is 82.9 Å². The van der Waals surface area contributed by atoms with Crippen LogP contribution in [-0.2, 0) is 17.9 Å². The molecular formula is C28H40N6O2. The number of piperazine rings is 1. The lowest BCUT2D eigenvalue weighted by atomic mass is 9.88. The second-order valence-electron chi connectivity index (χ2n) is 10.6. The van der Waals surface area contributed by atoms with E-state index in [4.69, 9.17) is 4.98 Å². The van der Waals surface area contributed by atoms with Crippen LogP contribution in [0.1, 0.15) is 49.8 Å². The van der Waals surface area contributed by atoms with Crippen LogP contribution in [0.5, 0.6) is 0 Å². The Morgan fingerprint density at radius 1 is 0.833 bits per heavy atom. The number of benzene rings is 1. The zero-order chi connectivity index (χ0) is 24.7. The summed E-state index contributed by atoms with van der Waals surface area (Å²) in [6.45, 7) is 8.66. The van der Waals surface area contributed by atoms with Gasteiger partial charge in [-0.1, -0.05) is 49.6 Å². The molecule has 2 saturated heterocycles. The Morgan fingerprint density at radius 2 is 1.56 bits per heavy atom. The lowest BCUT2D eigenvalue weighted by Crippen LogP contribution is -2.45. The van der Waals surface area contributed by atoms with Crippen LogP contribution in [0.2, 0.25) is 0 Å². The number of hydrogen-bond acceptors (Lipinski definition) is 6. The average Bonchev–Trinajstić information content (AvgIpc) is 3.17. The van der Waals surface area contributed by atoms with E-state index < -0.39 is 0 Å². The first-order valence-electron chi connectivity index (χ1n) is 13.8. The maximum absolute atomic E-state index is 13.0. The summed E-state index contributed by atoms with van der Waals surface area (Å²) in [6, 6.07) is 12.3. The van der Waals surface area contributed by atoms with E-state index in [1.807, 2.05) is 4.90 Å². The van der Waals surface area contributed by atoms with Crippen molar-refractivity contribution in [3.8, 4) is 0 Å². The molecule has 3 fully saturated rings. The number of rotatable bonds is 6. The van der Waals surface area contributed by atoms with Crippen molar-refractivity contribution in [1.82, 2.24) is 24.7 Å². The van der Waals surface area contributed by atoms with Crippen molar-refractivity contribution >= 4 is 11.9 Å². The van der Waals surface area contributed by atoms with Crippen molar-refractivity contribution in [3.63, 3.8) is 0 Å². The number of nitrogens with zero attached hydrogens (tertiary/aromatic N) is 5. The van der Waals surface area contributed by atoms with Gasteiger partial charge in [-0.15, -0.1) is 0 Å². The van der Waals surface area contributed by atoms with E-state index in [0.29, 0.717) is 31.5 Å². The molecule has 8 heteroatoms. The molecule has 0 atom stereocenters. The van der Waals surface area contributed by atoms with E-state index in [9.17, 15) is 9.59 Å². The molecule has 1 aromatic heterocycles. The molecule has 194 valence electrons. The molecule has 5 rings (SSSR count). The lowest BCUT2D eigenvalue weighted by Gasteiger charge is -2.34. The van der Waals surface area contributed by atoms with E-state index in [2.05, 4.69) is 50.0 Å². The molecule has 1 aromatic carbocycles. The third-order valence-corrected chi connectivity index (χ3v) is 7.94. The number of hydrogen-bond donors (Lipinski definition) is 1. The third-order valence-electron chi connectivity index (χ3n) is 7.94. The molecule has 0 radical (unpaired) electrons. The van der Waals surface area contributed by atoms with Gasteiger partial charge in [0.15, 0.2) is 0 Å². The number of anilines is 1. The van der Waals surface area contributed by atoms with Gasteiger partial charge in [0.25, 0.3) is 5.56 Å². The molecule has 0 spiro atoms. The summed E-state index contributed by atoms with van der Waals surface area (Å²) in [7, 11) is 0. The quantitative estimate of drug-likeness (QED) is 0.668. The van der Waals surface area contributed by atoms with E-state index in [1.165, 1.54) is 24.8 Å². The Balaban J connectivity index is 1.15. The van der Waals surface area contributed by atoms with Crippen molar-refractivity contribution in [2.45, 2.75) is 51.6 Å². The van der Waals surface area contributed by atoms with Gasteiger partial charge < -0.3 is 9.80 Å². The van der Waals surface area contributed by atoms with Crippen LogP contribution >= 0.6 is 0 Å². The fourth-order valence-corrected chi connectivity index (χ4v) is 5.86. The van der Waals surface area contributed by atoms with Gasteiger partial charge in [-0.3, -0.25) is 24.4 Å². The second-order valence-corrected chi connectivity index (χ2v) is 10.6. The third kappa shape index (κ3) is 6.53. The predicted octanol–water partition coefficient (Wildman–Crippen LogP) is 2.71. The molecule has 1 aliphatic carbocycles. The molecule has 2 aromatic rings. The van der Waals surface area contributed by atoms with Gasteiger partial charge in [-0.05, 0) is 24.8 Å². The van der Waals surface area contributed by atoms with Crippen molar-refractivity contribution < 1.29 is 4.79 Å². The lowest BCUT2D eigenvalue weighted by molar-refractivity contribution is -0.136. The highest BCUT2D eigenvalue weighted by molar-refractivity contribution is 5.79. The Hall–Kier alpha value is -2.71. The molecule has 2 aliphatic heterocycles. The summed E-state index contributed by atoms with van der Waals surface area (Å²) in [6.07, 6.45) is 6.59. The maximum atomic E-state index is 13.0. The van der Waals surface area contributed by atoms with Crippen LogP contribution in [0.3, 0.4) is 0 Å². The largest absolute Gasteiger partial charge is 0.341 e. The van der Waals surface area contributed by atoms with Gasteiger partial charge in [0.1, 0.15) is 0 Å². The molecule has 1 N–H and O–H groups in total. The topological polar surface area (TPSA) is 75.8 Å². The summed E-state index contributed by atoms with van der Waals surface area (Å²) in [5.74, 6) is 1.19. The molecular weight excluding hydrogens is 452 g/mol. The smallest absolute Gasteiger partial charge is 0.252 e. The van der Waals surface area contributed by atoms with Crippen LogP contribution < -0.4 is 10.5 Å². The van der Waals surface area contributed by atoms with Crippen LogP contribution in [0.15, 0.2) is 41.2 Å². The van der Waals surface area contributed by atoms with Crippen molar-refractivity contribution in [2.75, 3.05) is 57.3 Å².